The highest BCUT2D eigenvalue weighted by molar-refractivity contribution is 8.00. The first-order chi connectivity index (χ1) is 16.4. The van der Waals surface area contributed by atoms with Crippen molar-refractivity contribution in [2.24, 2.45) is 0 Å². The van der Waals surface area contributed by atoms with E-state index in [9.17, 15) is 9.59 Å². The van der Waals surface area contributed by atoms with Crippen LogP contribution >= 0.6 is 11.8 Å². The Morgan fingerprint density at radius 3 is 2.53 bits per heavy atom. The molecule has 1 N–H and O–H groups in total. The highest BCUT2D eigenvalue weighted by Crippen LogP contribution is 2.27. The van der Waals surface area contributed by atoms with Crippen molar-refractivity contribution in [3.63, 3.8) is 0 Å². The molecule has 34 heavy (non-hydrogen) atoms. The highest BCUT2D eigenvalue weighted by atomic mass is 32.2. The lowest BCUT2D eigenvalue weighted by Crippen LogP contribution is -2.24. The number of nitrogens with zero attached hydrogens (tertiary/aromatic N) is 4. The number of thioether (sulfide) groups is 1. The van der Waals surface area contributed by atoms with Crippen molar-refractivity contribution in [3.05, 3.63) is 94.3 Å². The molecule has 0 radical (unpaired) electrons. The summed E-state index contributed by atoms with van der Waals surface area (Å²) in [5.74, 6) is 0.274. The third-order valence-corrected chi connectivity index (χ3v) is 6.73. The Morgan fingerprint density at radius 1 is 0.971 bits per heavy atom. The molecular formula is C26H23N5O2S. The van der Waals surface area contributed by atoms with Gasteiger partial charge in [-0.05, 0) is 62.2 Å². The van der Waals surface area contributed by atoms with Gasteiger partial charge in [-0.1, -0.05) is 54.2 Å². The van der Waals surface area contributed by atoms with Crippen molar-refractivity contribution in [2.75, 3.05) is 5.32 Å². The lowest BCUT2D eigenvalue weighted by Gasteiger charge is -2.14. The number of fused-ring (bicyclic) bond motifs is 3. The van der Waals surface area contributed by atoms with Crippen molar-refractivity contribution >= 4 is 40.0 Å². The fourth-order valence-corrected chi connectivity index (χ4v) is 4.82. The molecule has 0 aliphatic rings. The number of amides is 1. The van der Waals surface area contributed by atoms with Crippen molar-refractivity contribution in [1.82, 2.24) is 19.2 Å². The molecule has 7 nitrogen and oxygen atoms in total. The van der Waals surface area contributed by atoms with Gasteiger partial charge in [0.15, 0.2) is 5.16 Å². The van der Waals surface area contributed by atoms with E-state index in [4.69, 9.17) is 0 Å². The van der Waals surface area contributed by atoms with Gasteiger partial charge in [0.1, 0.15) is 0 Å². The molecule has 0 aliphatic carbocycles. The van der Waals surface area contributed by atoms with E-state index >= 15 is 0 Å². The van der Waals surface area contributed by atoms with E-state index in [2.05, 4.69) is 15.5 Å². The molecule has 8 heteroatoms. The first-order valence-corrected chi connectivity index (χ1v) is 11.8. The maximum absolute atomic E-state index is 13.5. The Labute approximate surface area is 200 Å². The number of hydrogen-bond acceptors (Lipinski definition) is 5. The van der Waals surface area contributed by atoms with Gasteiger partial charge in [-0.15, -0.1) is 10.2 Å². The van der Waals surface area contributed by atoms with E-state index in [-0.39, 0.29) is 11.5 Å². The molecule has 2 aromatic heterocycles. The van der Waals surface area contributed by atoms with Gasteiger partial charge in [-0.25, -0.2) is 4.57 Å². The number of aryl methyl sites for hydroxylation is 2. The Morgan fingerprint density at radius 2 is 1.74 bits per heavy atom. The lowest BCUT2D eigenvalue weighted by molar-refractivity contribution is -0.115. The van der Waals surface area contributed by atoms with Crippen molar-refractivity contribution in [3.8, 4) is 5.69 Å². The van der Waals surface area contributed by atoms with Crippen LogP contribution in [0.25, 0.3) is 22.4 Å². The molecule has 0 saturated heterocycles. The minimum absolute atomic E-state index is 0.135. The number of anilines is 1. The summed E-state index contributed by atoms with van der Waals surface area (Å²) in [4.78, 5) is 26.4. The normalized spacial score (nSPS) is 12.2. The zero-order valence-corrected chi connectivity index (χ0v) is 19.8. The van der Waals surface area contributed by atoms with Gasteiger partial charge < -0.3 is 5.32 Å². The fourth-order valence-electron chi connectivity index (χ4n) is 3.96. The predicted octanol–water partition coefficient (Wildman–Crippen LogP) is 4.77. The summed E-state index contributed by atoms with van der Waals surface area (Å²) < 4.78 is 3.44. The molecule has 1 amide bonds. The van der Waals surface area contributed by atoms with E-state index < -0.39 is 5.25 Å². The van der Waals surface area contributed by atoms with Crippen LogP contribution in [-0.2, 0) is 4.79 Å². The van der Waals surface area contributed by atoms with Gasteiger partial charge in [-0.3, -0.25) is 14.0 Å². The Hall–Kier alpha value is -3.91. The summed E-state index contributed by atoms with van der Waals surface area (Å²) in [5, 5.41) is 12.4. The smallest absolute Gasteiger partial charge is 0.267 e. The zero-order chi connectivity index (χ0) is 23.8. The van der Waals surface area contributed by atoms with Gasteiger partial charge in [-0.2, -0.15) is 0 Å². The molecule has 0 aliphatic heterocycles. The molecular weight excluding hydrogens is 446 g/mol. The zero-order valence-electron chi connectivity index (χ0n) is 19.0. The Kier molecular flexibility index (Phi) is 5.67. The molecule has 2 heterocycles. The van der Waals surface area contributed by atoms with Gasteiger partial charge in [0.2, 0.25) is 11.7 Å². The number of aromatic nitrogens is 4. The molecule has 0 spiro atoms. The molecule has 0 saturated carbocycles. The standard InChI is InChI=1S/C26H23N5O2S/c1-16-9-8-11-19(15-16)27-23(32)18(3)34-26-29-28-25-30(21-13-6-4-10-17(21)2)24(33)20-12-5-7-14-22(20)31(25)26/h4-15,18H,1-3H3,(H,27,32). The molecule has 5 rings (SSSR count). The maximum Gasteiger partial charge on any atom is 0.267 e. The van der Waals surface area contributed by atoms with Gasteiger partial charge in [0.05, 0.1) is 21.8 Å². The second-order valence-corrected chi connectivity index (χ2v) is 9.49. The van der Waals surface area contributed by atoms with Gasteiger partial charge in [0.25, 0.3) is 5.56 Å². The Bertz CT molecular complexity index is 1600. The Balaban J connectivity index is 1.60. The minimum Gasteiger partial charge on any atom is -0.325 e. The summed E-state index contributed by atoms with van der Waals surface area (Å²) >= 11 is 1.30. The van der Waals surface area contributed by atoms with E-state index in [0.717, 1.165) is 22.5 Å². The number of benzene rings is 3. The van der Waals surface area contributed by atoms with Gasteiger partial charge in [0, 0.05) is 5.69 Å². The summed E-state index contributed by atoms with van der Waals surface area (Å²) in [5.41, 5.74) is 4.06. The number of nitrogens with one attached hydrogen (secondary N) is 1. The predicted molar refractivity (Wildman–Crippen MR) is 136 cm³/mol. The lowest BCUT2D eigenvalue weighted by atomic mass is 10.2. The van der Waals surface area contributed by atoms with Crippen molar-refractivity contribution < 1.29 is 4.79 Å². The maximum atomic E-state index is 13.5. The van der Waals surface area contributed by atoms with Crippen LogP contribution in [0.15, 0.2) is 82.7 Å². The average molecular weight is 470 g/mol. The van der Waals surface area contributed by atoms with Crippen molar-refractivity contribution in [2.45, 2.75) is 31.2 Å². The number of hydrogen-bond donors (Lipinski definition) is 1. The molecule has 0 bridgehead atoms. The first kappa shape index (κ1) is 21.9. The van der Waals surface area contributed by atoms with Crippen LogP contribution < -0.4 is 10.9 Å². The summed E-state index contributed by atoms with van der Waals surface area (Å²) in [7, 11) is 0. The second kappa shape index (κ2) is 8.79. The van der Waals surface area contributed by atoms with Crippen LogP contribution in [0.2, 0.25) is 0 Å². The number of carbonyl (C=O) groups excluding carboxylic acids is 1. The van der Waals surface area contributed by atoms with Crippen LogP contribution in [0.3, 0.4) is 0 Å². The van der Waals surface area contributed by atoms with Gasteiger partial charge >= 0.3 is 0 Å². The summed E-state index contributed by atoms with van der Waals surface area (Å²) in [6.07, 6.45) is 0. The third kappa shape index (κ3) is 3.86. The second-order valence-electron chi connectivity index (χ2n) is 8.18. The van der Waals surface area contributed by atoms with Crippen LogP contribution in [-0.4, -0.2) is 30.3 Å². The van der Waals surface area contributed by atoms with Crippen LogP contribution in [0.1, 0.15) is 18.1 Å². The largest absolute Gasteiger partial charge is 0.325 e. The topological polar surface area (TPSA) is 81.3 Å². The first-order valence-electron chi connectivity index (χ1n) is 10.9. The molecule has 3 aromatic carbocycles. The third-order valence-electron chi connectivity index (χ3n) is 5.69. The highest BCUT2D eigenvalue weighted by Gasteiger charge is 2.22. The van der Waals surface area contributed by atoms with E-state index in [1.54, 1.807) is 10.6 Å². The molecule has 5 aromatic rings. The van der Waals surface area contributed by atoms with E-state index in [1.807, 2.05) is 91.9 Å². The van der Waals surface area contributed by atoms with Crippen LogP contribution in [0.4, 0.5) is 5.69 Å². The number of rotatable bonds is 5. The quantitative estimate of drug-likeness (QED) is 0.375. The summed E-state index contributed by atoms with van der Waals surface area (Å²) in [6, 6.07) is 22.7. The number of carbonyl (C=O) groups is 1. The van der Waals surface area contributed by atoms with Crippen LogP contribution in [0.5, 0.6) is 0 Å². The average Bonchev–Trinajstić information content (AvgIpc) is 3.23. The minimum atomic E-state index is -0.439. The number of para-hydroxylation sites is 2. The SMILES string of the molecule is Cc1cccc(NC(=O)C(C)Sc2nnc3n(-c4ccccc4C)c(=O)c4ccccc4n23)c1. The molecule has 1 atom stereocenters. The van der Waals surface area contributed by atoms with Crippen molar-refractivity contribution in [1.29, 1.82) is 0 Å². The molecule has 170 valence electrons. The fraction of sp³-hybridized carbons (Fsp3) is 0.154. The summed E-state index contributed by atoms with van der Waals surface area (Å²) in [6.45, 7) is 5.77. The molecule has 0 fully saturated rings. The monoisotopic (exact) mass is 469 g/mol. The van der Waals surface area contributed by atoms with E-state index in [0.29, 0.717) is 21.8 Å². The molecule has 1 unspecified atom stereocenters. The van der Waals surface area contributed by atoms with Crippen LogP contribution in [0, 0.1) is 13.8 Å². The van der Waals surface area contributed by atoms with E-state index in [1.165, 1.54) is 11.8 Å².